The molecule has 86 valence electrons. The highest BCUT2D eigenvalue weighted by Gasteiger charge is 2.56. The second-order valence-electron chi connectivity index (χ2n) is 3.76. The van der Waals surface area contributed by atoms with Crippen molar-refractivity contribution in [1.82, 2.24) is 16.2 Å². The van der Waals surface area contributed by atoms with Crippen LogP contribution in [0.4, 0.5) is 0 Å². The van der Waals surface area contributed by atoms with E-state index < -0.39 is 4.33 Å². The lowest BCUT2D eigenvalue weighted by Gasteiger charge is -2.13. The maximum Gasteiger partial charge on any atom is 0.244 e. The number of carbonyl (C=O) groups excluding carboxylic acids is 1. The summed E-state index contributed by atoms with van der Waals surface area (Å²) in [4.78, 5) is 11.4. The summed E-state index contributed by atoms with van der Waals surface area (Å²) < 4.78 is -0.904. The van der Waals surface area contributed by atoms with Crippen LogP contribution in [0.3, 0.4) is 0 Å². The Hall–Kier alpha value is -0.260. The van der Waals surface area contributed by atoms with Gasteiger partial charge in [0.05, 0.1) is 5.92 Å². The van der Waals surface area contributed by atoms with Gasteiger partial charge >= 0.3 is 0 Å². The van der Waals surface area contributed by atoms with Crippen molar-refractivity contribution in [3.05, 3.63) is 0 Å². The number of amides is 1. The van der Waals surface area contributed by atoms with Gasteiger partial charge in [0, 0.05) is 6.04 Å². The highest BCUT2D eigenvalue weighted by Crippen LogP contribution is 2.53. The maximum absolute atomic E-state index is 11.4. The van der Waals surface area contributed by atoms with E-state index in [9.17, 15) is 4.79 Å². The van der Waals surface area contributed by atoms with E-state index in [1.165, 1.54) is 0 Å². The molecule has 1 rings (SSSR count). The first kappa shape index (κ1) is 12.8. The molecule has 1 aliphatic rings. The van der Waals surface area contributed by atoms with Crippen LogP contribution in [0.2, 0.25) is 0 Å². The van der Waals surface area contributed by atoms with E-state index in [0.29, 0.717) is 11.5 Å². The summed E-state index contributed by atoms with van der Waals surface area (Å²) in [5.41, 5.74) is 5.02. The smallest absolute Gasteiger partial charge is 0.244 e. The van der Waals surface area contributed by atoms with Crippen molar-refractivity contribution < 1.29 is 4.79 Å². The summed E-state index contributed by atoms with van der Waals surface area (Å²) in [6.07, 6.45) is 0.480. The molecule has 0 aromatic carbocycles. The molecule has 0 aromatic rings. The van der Waals surface area contributed by atoms with Crippen LogP contribution in [0.25, 0.3) is 0 Å². The van der Waals surface area contributed by atoms with Gasteiger partial charge < -0.3 is 5.32 Å². The minimum absolute atomic E-state index is 0.211. The van der Waals surface area contributed by atoms with Crippen LogP contribution < -0.4 is 16.2 Å². The first-order valence-corrected chi connectivity index (χ1v) is 5.73. The van der Waals surface area contributed by atoms with Gasteiger partial charge in [-0.2, -0.15) is 0 Å². The molecule has 1 unspecified atom stereocenters. The van der Waals surface area contributed by atoms with Gasteiger partial charge in [-0.05, 0) is 32.5 Å². The summed E-state index contributed by atoms with van der Waals surface area (Å²) in [6, 6.07) is 0.211. The first-order chi connectivity index (χ1) is 6.83. The molecule has 1 aliphatic carbocycles. The number of alkyl halides is 2. The molecule has 1 saturated carbocycles. The Balaban J connectivity index is 2.21. The van der Waals surface area contributed by atoms with E-state index in [4.69, 9.17) is 35.4 Å². The van der Waals surface area contributed by atoms with Gasteiger partial charge in [0.15, 0.2) is 5.11 Å². The molecule has 3 N–H and O–H groups in total. The van der Waals surface area contributed by atoms with Crippen LogP contribution in [0.1, 0.15) is 20.3 Å². The molecule has 1 amide bonds. The second kappa shape index (κ2) is 4.72. The first-order valence-electron chi connectivity index (χ1n) is 4.57. The Morgan fingerprint density at radius 2 is 2.00 bits per heavy atom. The number of rotatable bonds is 2. The van der Waals surface area contributed by atoms with Crippen molar-refractivity contribution in [2.75, 3.05) is 0 Å². The zero-order valence-electron chi connectivity index (χ0n) is 8.43. The number of thiocarbonyl (C=S) groups is 1. The normalized spacial score (nSPS) is 22.1. The minimum atomic E-state index is -0.904. The van der Waals surface area contributed by atoms with Gasteiger partial charge in [0.25, 0.3) is 0 Å². The van der Waals surface area contributed by atoms with Crippen molar-refractivity contribution in [1.29, 1.82) is 0 Å². The number of hydrazine groups is 1. The van der Waals surface area contributed by atoms with E-state index in [-0.39, 0.29) is 17.9 Å². The van der Waals surface area contributed by atoms with Crippen molar-refractivity contribution in [3.8, 4) is 0 Å². The Kier molecular flexibility index (Phi) is 4.03. The van der Waals surface area contributed by atoms with E-state index in [1.54, 1.807) is 0 Å². The third-order valence-electron chi connectivity index (χ3n) is 1.86. The maximum atomic E-state index is 11.4. The van der Waals surface area contributed by atoms with Gasteiger partial charge in [0.1, 0.15) is 4.33 Å². The molecule has 7 heteroatoms. The van der Waals surface area contributed by atoms with Crippen LogP contribution in [-0.4, -0.2) is 21.4 Å². The van der Waals surface area contributed by atoms with Gasteiger partial charge in [0.2, 0.25) is 5.91 Å². The lowest BCUT2D eigenvalue weighted by molar-refractivity contribution is -0.122. The quantitative estimate of drug-likeness (QED) is 0.399. The van der Waals surface area contributed by atoms with E-state index in [1.807, 2.05) is 13.8 Å². The van der Waals surface area contributed by atoms with Crippen LogP contribution in [0.5, 0.6) is 0 Å². The summed E-state index contributed by atoms with van der Waals surface area (Å²) >= 11 is 16.4. The fourth-order valence-electron chi connectivity index (χ4n) is 1.00. The summed E-state index contributed by atoms with van der Waals surface area (Å²) in [6.45, 7) is 3.89. The zero-order chi connectivity index (χ0) is 11.6. The minimum Gasteiger partial charge on any atom is -0.359 e. The molecule has 0 saturated heterocycles. The van der Waals surface area contributed by atoms with Crippen molar-refractivity contribution in [3.63, 3.8) is 0 Å². The van der Waals surface area contributed by atoms with Crippen LogP contribution in [0.15, 0.2) is 0 Å². The summed E-state index contributed by atoms with van der Waals surface area (Å²) in [5, 5.41) is 3.29. The lowest BCUT2D eigenvalue weighted by atomic mass is 10.4. The van der Waals surface area contributed by atoms with E-state index in [0.717, 1.165) is 0 Å². The lowest BCUT2D eigenvalue weighted by Crippen LogP contribution is -2.49. The SMILES string of the molecule is CC(C)NC(=S)NNC(=O)C1CC1(Cl)Cl. The summed E-state index contributed by atoms with van der Waals surface area (Å²) in [7, 11) is 0. The third kappa shape index (κ3) is 4.01. The summed E-state index contributed by atoms with van der Waals surface area (Å²) in [5.74, 6) is -0.594. The average molecular weight is 270 g/mol. The molecular formula is C8H13Cl2N3OS. The Labute approximate surface area is 104 Å². The second-order valence-corrected chi connectivity index (χ2v) is 5.71. The predicted molar refractivity (Wildman–Crippen MR) is 64.7 cm³/mol. The van der Waals surface area contributed by atoms with E-state index >= 15 is 0 Å². The molecule has 0 aromatic heterocycles. The monoisotopic (exact) mass is 269 g/mol. The molecule has 0 aliphatic heterocycles. The number of nitrogens with one attached hydrogen (secondary N) is 3. The molecule has 1 fully saturated rings. The highest BCUT2D eigenvalue weighted by molar-refractivity contribution is 7.80. The molecule has 0 bridgehead atoms. The van der Waals surface area contributed by atoms with Crippen molar-refractivity contribution >= 4 is 46.4 Å². The zero-order valence-corrected chi connectivity index (χ0v) is 10.8. The van der Waals surface area contributed by atoms with Crippen molar-refractivity contribution in [2.45, 2.75) is 30.6 Å². The number of hydrogen-bond donors (Lipinski definition) is 3. The average Bonchev–Trinajstić information content (AvgIpc) is 2.70. The Morgan fingerprint density at radius 1 is 1.47 bits per heavy atom. The number of carbonyl (C=O) groups is 1. The van der Waals surface area contributed by atoms with Crippen LogP contribution >= 0.6 is 35.4 Å². The topological polar surface area (TPSA) is 53.2 Å². The highest BCUT2D eigenvalue weighted by atomic mass is 35.5. The Morgan fingerprint density at radius 3 is 2.40 bits per heavy atom. The molecule has 15 heavy (non-hydrogen) atoms. The molecular weight excluding hydrogens is 257 g/mol. The van der Waals surface area contributed by atoms with Crippen molar-refractivity contribution in [2.24, 2.45) is 5.92 Å². The van der Waals surface area contributed by atoms with Gasteiger partial charge in [-0.15, -0.1) is 23.2 Å². The molecule has 0 spiro atoms. The fraction of sp³-hybridized carbons (Fsp3) is 0.750. The molecule has 1 atom stereocenters. The number of halogens is 2. The van der Waals surface area contributed by atoms with Crippen LogP contribution in [0, 0.1) is 5.92 Å². The van der Waals surface area contributed by atoms with Gasteiger partial charge in [-0.25, -0.2) is 0 Å². The molecule has 0 radical (unpaired) electrons. The standard InChI is InChI=1S/C8H13Cl2N3OS/c1-4(2)11-7(15)13-12-6(14)5-3-8(5,9)10/h4-5H,3H2,1-2H3,(H,12,14)(H2,11,13,15). The Bertz CT molecular complexity index is 283. The van der Waals surface area contributed by atoms with E-state index in [2.05, 4.69) is 16.2 Å². The number of hydrogen-bond acceptors (Lipinski definition) is 2. The van der Waals surface area contributed by atoms with Gasteiger partial charge in [-0.1, -0.05) is 0 Å². The largest absolute Gasteiger partial charge is 0.359 e. The van der Waals surface area contributed by atoms with Crippen LogP contribution in [-0.2, 0) is 4.79 Å². The molecule has 0 heterocycles. The fourth-order valence-corrected chi connectivity index (χ4v) is 1.80. The van der Waals surface area contributed by atoms with Gasteiger partial charge in [-0.3, -0.25) is 15.6 Å². The molecule has 4 nitrogen and oxygen atoms in total. The third-order valence-corrected chi connectivity index (χ3v) is 2.92. The predicted octanol–water partition coefficient (Wildman–Crippen LogP) is 1.08.